The average Bonchev–Trinajstić information content (AvgIpc) is 2.14. The van der Waals surface area contributed by atoms with Gasteiger partial charge in [0.05, 0.1) is 17.7 Å². The summed E-state index contributed by atoms with van der Waals surface area (Å²) in [5, 5.41) is 16.7. The van der Waals surface area contributed by atoms with Crippen molar-refractivity contribution < 1.29 is 4.39 Å². The molecule has 0 spiro atoms. The van der Waals surface area contributed by atoms with E-state index < -0.39 is 5.82 Å². The quantitative estimate of drug-likeness (QED) is 0.610. The Labute approximate surface area is 75.2 Å². The molecular formula is C10H5FN2. The smallest absolute Gasteiger partial charge is 0.125 e. The lowest BCUT2D eigenvalue weighted by Crippen LogP contribution is -1.81. The SMILES string of the molecule is N#CC=Cc1cc(F)cc(C#N)c1. The summed E-state index contributed by atoms with van der Waals surface area (Å²) in [7, 11) is 0. The van der Waals surface area contributed by atoms with Crippen molar-refractivity contribution >= 4 is 6.08 Å². The molecular weight excluding hydrogens is 167 g/mol. The van der Waals surface area contributed by atoms with E-state index in [1.807, 2.05) is 6.07 Å². The number of nitriles is 2. The lowest BCUT2D eigenvalue weighted by molar-refractivity contribution is 0.627. The van der Waals surface area contributed by atoms with E-state index in [4.69, 9.17) is 10.5 Å². The molecule has 0 aromatic heterocycles. The fraction of sp³-hybridized carbons (Fsp3) is 0. The molecule has 1 aromatic rings. The lowest BCUT2D eigenvalue weighted by atomic mass is 10.1. The van der Waals surface area contributed by atoms with Crippen LogP contribution >= 0.6 is 0 Å². The monoisotopic (exact) mass is 172 g/mol. The fourth-order valence-corrected chi connectivity index (χ4v) is 0.907. The third kappa shape index (κ3) is 2.43. The van der Waals surface area contributed by atoms with E-state index >= 15 is 0 Å². The normalized spacial score (nSPS) is 9.46. The molecule has 1 aromatic carbocycles. The van der Waals surface area contributed by atoms with E-state index in [9.17, 15) is 4.39 Å². The van der Waals surface area contributed by atoms with Gasteiger partial charge in [-0.25, -0.2) is 4.39 Å². The van der Waals surface area contributed by atoms with E-state index in [-0.39, 0.29) is 5.56 Å². The van der Waals surface area contributed by atoms with Gasteiger partial charge >= 0.3 is 0 Å². The molecule has 0 fully saturated rings. The maximum atomic E-state index is 12.8. The van der Waals surface area contributed by atoms with Crippen molar-refractivity contribution in [2.45, 2.75) is 0 Å². The first kappa shape index (κ1) is 8.96. The van der Waals surface area contributed by atoms with Crippen LogP contribution in [0.5, 0.6) is 0 Å². The summed E-state index contributed by atoms with van der Waals surface area (Å²) in [6.45, 7) is 0. The van der Waals surface area contributed by atoms with E-state index in [0.29, 0.717) is 5.56 Å². The van der Waals surface area contributed by atoms with Gasteiger partial charge in [-0.15, -0.1) is 0 Å². The Morgan fingerprint density at radius 2 is 2.00 bits per heavy atom. The van der Waals surface area contributed by atoms with Gasteiger partial charge in [0, 0.05) is 6.08 Å². The number of hydrogen-bond donors (Lipinski definition) is 0. The second-order valence-electron chi connectivity index (χ2n) is 2.35. The molecule has 0 aliphatic rings. The van der Waals surface area contributed by atoms with Gasteiger partial charge in [0.25, 0.3) is 0 Å². The van der Waals surface area contributed by atoms with Crippen LogP contribution in [0.2, 0.25) is 0 Å². The molecule has 0 bridgehead atoms. The van der Waals surface area contributed by atoms with Crippen molar-refractivity contribution in [1.82, 2.24) is 0 Å². The number of allylic oxidation sites excluding steroid dienone is 1. The third-order valence-electron chi connectivity index (χ3n) is 1.40. The molecule has 0 saturated heterocycles. The predicted octanol–water partition coefficient (Wildman–Crippen LogP) is 2.23. The van der Waals surface area contributed by atoms with Crippen LogP contribution in [-0.2, 0) is 0 Å². The Morgan fingerprint density at radius 1 is 1.23 bits per heavy atom. The minimum atomic E-state index is -0.475. The highest BCUT2D eigenvalue weighted by atomic mass is 19.1. The van der Waals surface area contributed by atoms with Gasteiger partial charge in [-0.05, 0) is 29.8 Å². The minimum absolute atomic E-state index is 0.248. The molecule has 1 rings (SSSR count). The van der Waals surface area contributed by atoms with Crippen molar-refractivity contribution in [2.24, 2.45) is 0 Å². The second kappa shape index (κ2) is 4.04. The Hall–Kier alpha value is -2.13. The Bertz CT molecular complexity index is 422. The van der Waals surface area contributed by atoms with Crippen LogP contribution in [0.25, 0.3) is 6.08 Å². The first-order valence-corrected chi connectivity index (χ1v) is 3.53. The Kier molecular flexibility index (Phi) is 2.78. The third-order valence-corrected chi connectivity index (χ3v) is 1.40. The molecule has 2 nitrogen and oxygen atoms in total. The summed E-state index contributed by atoms with van der Waals surface area (Å²) in [4.78, 5) is 0. The van der Waals surface area contributed by atoms with E-state index in [0.717, 1.165) is 6.07 Å². The summed E-state index contributed by atoms with van der Waals surface area (Å²) in [5.41, 5.74) is 0.760. The highest BCUT2D eigenvalue weighted by Gasteiger charge is 1.96. The van der Waals surface area contributed by atoms with Gasteiger partial charge in [0.2, 0.25) is 0 Å². The zero-order chi connectivity index (χ0) is 9.68. The molecule has 0 heterocycles. The van der Waals surface area contributed by atoms with Crippen molar-refractivity contribution in [3.63, 3.8) is 0 Å². The maximum Gasteiger partial charge on any atom is 0.125 e. The molecule has 0 unspecified atom stereocenters. The largest absolute Gasteiger partial charge is 0.207 e. The molecule has 13 heavy (non-hydrogen) atoms. The van der Waals surface area contributed by atoms with E-state index in [1.54, 1.807) is 6.07 Å². The van der Waals surface area contributed by atoms with Crippen LogP contribution in [0.3, 0.4) is 0 Å². The summed E-state index contributed by atoms with van der Waals surface area (Å²) in [6, 6.07) is 7.53. The molecule has 0 radical (unpaired) electrons. The number of nitrogens with zero attached hydrogens (tertiary/aromatic N) is 2. The topological polar surface area (TPSA) is 47.6 Å². The van der Waals surface area contributed by atoms with Crippen molar-refractivity contribution in [2.75, 3.05) is 0 Å². The van der Waals surface area contributed by atoms with Crippen molar-refractivity contribution in [1.29, 1.82) is 10.5 Å². The second-order valence-corrected chi connectivity index (χ2v) is 2.35. The minimum Gasteiger partial charge on any atom is -0.207 e. The molecule has 3 heteroatoms. The summed E-state index contributed by atoms with van der Waals surface area (Å²) < 4.78 is 12.8. The molecule has 0 atom stereocenters. The zero-order valence-electron chi connectivity index (χ0n) is 6.66. The summed E-state index contributed by atoms with van der Waals surface area (Å²) >= 11 is 0. The summed E-state index contributed by atoms with van der Waals surface area (Å²) in [5.74, 6) is -0.475. The van der Waals surface area contributed by atoms with Crippen LogP contribution < -0.4 is 0 Å². The zero-order valence-corrected chi connectivity index (χ0v) is 6.66. The fourth-order valence-electron chi connectivity index (χ4n) is 0.907. The molecule has 0 aliphatic carbocycles. The molecule has 62 valence electrons. The first-order chi connectivity index (χ1) is 6.26. The molecule has 0 amide bonds. The standard InChI is InChI=1S/C10H5FN2/c11-10-5-8(2-1-3-12)4-9(6-10)7-13/h1-2,4-6H. The maximum absolute atomic E-state index is 12.8. The molecule has 0 N–H and O–H groups in total. The van der Waals surface area contributed by atoms with E-state index in [1.165, 1.54) is 24.3 Å². The van der Waals surface area contributed by atoms with Gasteiger partial charge < -0.3 is 0 Å². The number of hydrogen-bond acceptors (Lipinski definition) is 2. The van der Waals surface area contributed by atoms with Gasteiger partial charge in [-0.1, -0.05) is 0 Å². The summed E-state index contributed by atoms with van der Waals surface area (Å²) in [6.07, 6.45) is 2.68. The first-order valence-electron chi connectivity index (χ1n) is 3.53. The van der Waals surface area contributed by atoms with Gasteiger partial charge in [0.1, 0.15) is 5.82 Å². The highest BCUT2D eigenvalue weighted by Crippen LogP contribution is 2.09. The van der Waals surface area contributed by atoms with Crippen molar-refractivity contribution in [3.05, 3.63) is 41.2 Å². The highest BCUT2D eigenvalue weighted by molar-refractivity contribution is 5.54. The van der Waals surface area contributed by atoms with Gasteiger partial charge in [0.15, 0.2) is 0 Å². The van der Waals surface area contributed by atoms with E-state index in [2.05, 4.69) is 0 Å². The number of rotatable bonds is 1. The van der Waals surface area contributed by atoms with Crippen molar-refractivity contribution in [3.8, 4) is 12.1 Å². The molecule has 0 saturated carbocycles. The van der Waals surface area contributed by atoms with Gasteiger partial charge in [-0.2, -0.15) is 10.5 Å². The van der Waals surface area contributed by atoms with Crippen LogP contribution in [0.15, 0.2) is 24.3 Å². The molecule has 0 aliphatic heterocycles. The van der Waals surface area contributed by atoms with Crippen LogP contribution in [0.1, 0.15) is 11.1 Å². The number of benzene rings is 1. The van der Waals surface area contributed by atoms with Crippen LogP contribution in [0.4, 0.5) is 4.39 Å². The Morgan fingerprint density at radius 3 is 2.62 bits per heavy atom. The number of halogens is 1. The average molecular weight is 172 g/mol. The lowest BCUT2D eigenvalue weighted by Gasteiger charge is -1.94. The Balaban J connectivity index is 3.12. The van der Waals surface area contributed by atoms with Crippen LogP contribution in [-0.4, -0.2) is 0 Å². The predicted molar refractivity (Wildman–Crippen MR) is 45.8 cm³/mol. The van der Waals surface area contributed by atoms with Gasteiger partial charge in [-0.3, -0.25) is 0 Å². The van der Waals surface area contributed by atoms with Crippen LogP contribution in [0, 0.1) is 28.5 Å².